The molecule has 0 bridgehead atoms. The molecule has 1 aliphatic rings. The predicted molar refractivity (Wildman–Crippen MR) is 140 cm³/mol. The SMILES string of the molecule is N#Cc1ccccc1CN1C(=O)S/C(=C/c2cc(Br)c(OCc3ccc(Cl)cc3)c(Br)c2)C1=O. The highest BCUT2D eigenvalue weighted by molar-refractivity contribution is 9.11. The van der Waals surface area contributed by atoms with Crippen molar-refractivity contribution in [2.24, 2.45) is 0 Å². The molecule has 2 amide bonds. The fourth-order valence-electron chi connectivity index (χ4n) is 3.26. The van der Waals surface area contributed by atoms with Crippen molar-refractivity contribution in [1.29, 1.82) is 5.26 Å². The van der Waals surface area contributed by atoms with Crippen LogP contribution in [-0.4, -0.2) is 16.0 Å². The quantitative estimate of drug-likeness (QED) is 0.267. The summed E-state index contributed by atoms with van der Waals surface area (Å²) in [7, 11) is 0. The molecule has 170 valence electrons. The summed E-state index contributed by atoms with van der Waals surface area (Å²) in [4.78, 5) is 26.9. The summed E-state index contributed by atoms with van der Waals surface area (Å²) < 4.78 is 7.34. The highest BCUT2D eigenvalue weighted by atomic mass is 79.9. The topological polar surface area (TPSA) is 70.4 Å². The first-order valence-electron chi connectivity index (χ1n) is 9.95. The van der Waals surface area contributed by atoms with E-state index in [4.69, 9.17) is 16.3 Å². The van der Waals surface area contributed by atoms with Crippen molar-refractivity contribution in [3.05, 3.63) is 102 Å². The second-order valence-electron chi connectivity index (χ2n) is 7.27. The lowest BCUT2D eigenvalue weighted by molar-refractivity contribution is -0.123. The zero-order chi connectivity index (χ0) is 24.2. The van der Waals surface area contributed by atoms with Crippen molar-refractivity contribution < 1.29 is 14.3 Å². The summed E-state index contributed by atoms with van der Waals surface area (Å²) in [5.74, 6) is 0.228. The number of imide groups is 1. The smallest absolute Gasteiger partial charge is 0.293 e. The number of nitrogens with zero attached hydrogens (tertiary/aromatic N) is 2. The normalized spacial score (nSPS) is 14.5. The molecule has 0 unspecified atom stereocenters. The Kier molecular flexibility index (Phi) is 7.79. The molecule has 1 saturated heterocycles. The molecule has 0 N–H and O–H groups in total. The van der Waals surface area contributed by atoms with E-state index < -0.39 is 5.91 Å². The first-order chi connectivity index (χ1) is 16.4. The number of thioether (sulfide) groups is 1. The third kappa shape index (κ3) is 5.56. The highest BCUT2D eigenvalue weighted by Crippen LogP contribution is 2.38. The summed E-state index contributed by atoms with van der Waals surface area (Å²) in [6.45, 7) is 0.410. The molecule has 0 aromatic heterocycles. The minimum absolute atomic E-state index is 0.0522. The van der Waals surface area contributed by atoms with E-state index in [1.54, 1.807) is 42.5 Å². The van der Waals surface area contributed by atoms with Crippen molar-refractivity contribution in [1.82, 2.24) is 4.90 Å². The lowest BCUT2D eigenvalue weighted by Gasteiger charge is -2.13. The zero-order valence-electron chi connectivity index (χ0n) is 17.4. The molecule has 0 saturated carbocycles. The van der Waals surface area contributed by atoms with E-state index >= 15 is 0 Å². The van der Waals surface area contributed by atoms with Gasteiger partial charge in [0.1, 0.15) is 12.4 Å². The Morgan fingerprint density at radius 2 is 1.74 bits per heavy atom. The third-order valence-electron chi connectivity index (χ3n) is 4.95. The fraction of sp³-hybridized carbons (Fsp3) is 0.0800. The van der Waals surface area contributed by atoms with Crippen molar-refractivity contribution >= 4 is 72.4 Å². The van der Waals surface area contributed by atoms with Gasteiger partial charge in [0, 0.05) is 5.02 Å². The molecule has 0 radical (unpaired) electrons. The first kappa shape index (κ1) is 24.6. The maximum atomic E-state index is 12.9. The van der Waals surface area contributed by atoms with Crippen LogP contribution in [0.2, 0.25) is 5.02 Å². The molecular weight excluding hydrogens is 604 g/mol. The Balaban J connectivity index is 1.51. The maximum absolute atomic E-state index is 12.9. The monoisotopic (exact) mass is 616 g/mol. The third-order valence-corrected chi connectivity index (χ3v) is 7.29. The van der Waals surface area contributed by atoms with Gasteiger partial charge in [-0.15, -0.1) is 0 Å². The van der Waals surface area contributed by atoms with E-state index in [0.717, 1.165) is 27.8 Å². The summed E-state index contributed by atoms with van der Waals surface area (Å²) in [6.07, 6.45) is 1.67. The number of benzene rings is 3. The van der Waals surface area contributed by atoms with Crippen LogP contribution in [0.5, 0.6) is 5.75 Å². The van der Waals surface area contributed by atoms with Gasteiger partial charge in [-0.2, -0.15) is 5.26 Å². The van der Waals surface area contributed by atoms with Gasteiger partial charge in [0.05, 0.1) is 32.0 Å². The number of carbonyl (C=O) groups is 2. The van der Waals surface area contributed by atoms with Gasteiger partial charge >= 0.3 is 0 Å². The molecule has 1 aliphatic heterocycles. The van der Waals surface area contributed by atoms with Crippen molar-refractivity contribution in [2.75, 3.05) is 0 Å². The van der Waals surface area contributed by atoms with Crippen molar-refractivity contribution in [3.63, 3.8) is 0 Å². The van der Waals surface area contributed by atoms with E-state index in [-0.39, 0.29) is 11.8 Å². The van der Waals surface area contributed by atoms with E-state index in [1.165, 1.54) is 0 Å². The van der Waals surface area contributed by atoms with Crippen LogP contribution in [0.3, 0.4) is 0 Å². The molecule has 3 aromatic rings. The molecule has 1 fully saturated rings. The van der Waals surface area contributed by atoms with Gasteiger partial charge in [-0.1, -0.05) is 41.9 Å². The van der Waals surface area contributed by atoms with Gasteiger partial charge in [0.2, 0.25) is 0 Å². The molecule has 0 atom stereocenters. The number of hydrogen-bond donors (Lipinski definition) is 0. The van der Waals surface area contributed by atoms with Gasteiger partial charge in [-0.05, 0) is 96.7 Å². The van der Waals surface area contributed by atoms with Gasteiger partial charge < -0.3 is 4.74 Å². The van der Waals surface area contributed by atoms with Crippen LogP contribution >= 0.6 is 55.2 Å². The van der Waals surface area contributed by atoms with Crippen molar-refractivity contribution in [3.8, 4) is 11.8 Å². The molecule has 5 nitrogen and oxygen atoms in total. The lowest BCUT2D eigenvalue weighted by atomic mass is 10.1. The lowest BCUT2D eigenvalue weighted by Crippen LogP contribution is -2.27. The molecule has 34 heavy (non-hydrogen) atoms. The number of rotatable bonds is 6. The van der Waals surface area contributed by atoms with E-state index in [0.29, 0.717) is 42.4 Å². The minimum atomic E-state index is -0.391. The van der Waals surface area contributed by atoms with Crippen LogP contribution in [0, 0.1) is 11.3 Å². The number of carbonyl (C=O) groups excluding carboxylic acids is 2. The second-order valence-corrected chi connectivity index (χ2v) is 10.4. The first-order valence-corrected chi connectivity index (χ1v) is 12.7. The number of ether oxygens (including phenoxy) is 1. The van der Waals surface area contributed by atoms with Crippen LogP contribution in [0.25, 0.3) is 6.08 Å². The molecule has 4 rings (SSSR count). The number of halogens is 3. The van der Waals surface area contributed by atoms with Crippen LogP contribution in [0.1, 0.15) is 22.3 Å². The van der Waals surface area contributed by atoms with E-state index in [2.05, 4.69) is 37.9 Å². The van der Waals surface area contributed by atoms with Gasteiger partial charge in [0.15, 0.2) is 0 Å². The predicted octanol–water partition coefficient (Wildman–Crippen LogP) is 7.55. The molecule has 9 heteroatoms. The zero-order valence-corrected chi connectivity index (χ0v) is 22.2. The molecular formula is C25H15Br2ClN2O3S. The Bertz CT molecular complexity index is 1330. The van der Waals surface area contributed by atoms with E-state index in [1.807, 2.05) is 24.3 Å². The fourth-order valence-corrected chi connectivity index (χ4v) is 5.68. The Morgan fingerprint density at radius 1 is 1.06 bits per heavy atom. The summed E-state index contributed by atoms with van der Waals surface area (Å²) in [6, 6.07) is 20.0. The molecule has 1 heterocycles. The summed E-state index contributed by atoms with van der Waals surface area (Å²) in [5.41, 5.74) is 2.76. The van der Waals surface area contributed by atoms with Crippen LogP contribution in [-0.2, 0) is 17.9 Å². The Morgan fingerprint density at radius 3 is 2.41 bits per heavy atom. The number of nitriles is 1. The van der Waals surface area contributed by atoms with Crippen LogP contribution < -0.4 is 4.74 Å². The van der Waals surface area contributed by atoms with Crippen LogP contribution in [0.4, 0.5) is 4.79 Å². The summed E-state index contributed by atoms with van der Waals surface area (Å²) in [5, 5.41) is 9.57. The average molecular weight is 619 g/mol. The second kappa shape index (κ2) is 10.8. The standard InChI is InChI=1S/C25H15Br2ClN2O3S/c26-20-9-16(10-21(27)23(20)33-14-15-5-7-19(28)8-6-15)11-22-24(31)30(25(32)34-22)13-18-4-2-1-3-17(18)12-29/h1-11H,13-14H2/b22-11+. The summed E-state index contributed by atoms with van der Waals surface area (Å²) >= 11 is 13.9. The van der Waals surface area contributed by atoms with Gasteiger partial charge in [0.25, 0.3) is 11.1 Å². The molecule has 0 aliphatic carbocycles. The highest BCUT2D eigenvalue weighted by Gasteiger charge is 2.35. The van der Waals surface area contributed by atoms with Gasteiger partial charge in [-0.25, -0.2) is 0 Å². The van der Waals surface area contributed by atoms with Gasteiger partial charge in [-0.3, -0.25) is 14.5 Å². The van der Waals surface area contributed by atoms with E-state index in [9.17, 15) is 14.9 Å². The Hall–Kier alpha value is -2.57. The van der Waals surface area contributed by atoms with Crippen molar-refractivity contribution in [2.45, 2.75) is 13.2 Å². The van der Waals surface area contributed by atoms with Crippen LogP contribution in [0.15, 0.2) is 74.5 Å². The minimum Gasteiger partial charge on any atom is -0.487 e. The Labute approximate surface area is 222 Å². The molecule has 0 spiro atoms. The largest absolute Gasteiger partial charge is 0.487 e. The average Bonchev–Trinajstić information content (AvgIpc) is 3.07. The number of hydrogen-bond acceptors (Lipinski definition) is 5. The maximum Gasteiger partial charge on any atom is 0.293 e. The number of amides is 2. The molecule has 3 aromatic carbocycles.